The van der Waals surface area contributed by atoms with Crippen LogP contribution >= 0.6 is 11.6 Å². The molecule has 1 aromatic carbocycles. The van der Waals surface area contributed by atoms with Crippen LogP contribution in [0.1, 0.15) is 12.0 Å². The van der Waals surface area contributed by atoms with Crippen LogP contribution in [0.4, 0.5) is 5.69 Å². The van der Waals surface area contributed by atoms with Crippen LogP contribution in [-0.4, -0.2) is 37.9 Å². The van der Waals surface area contributed by atoms with Crippen molar-refractivity contribution in [3.8, 4) is 0 Å². The summed E-state index contributed by atoms with van der Waals surface area (Å²) in [4.78, 5) is 2.03. The van der Waals surface area contributed by atoms with E-state index in [1.54, 1.807) is 12.1 Å². The Morgan fingerprint density at radius 1 is 1.50 bits per heavy atom. The fraction of sp³-hybridized carbons (Fsp3) is 0.500. The Balaban J connectivity index is 2.08. The van der Waals surface area contributed by atoms with Crippen molar-refractivity contribution in [2.45, 2.75) is 19.0 Å². The molecule has 1 unspecified atom stereocenters. The summed E-state index contributed by atoms with van der Waals surface area (Å²) in [6, 6.07) is 5.44. The van der Waals surface area contributed by atoms with Crippen molar-refractivity contribution in [1.82, 2.24) is 4.90 Å². The summed E-state index contributed by atoms with van der Waals surface area (Å²) in [6.45, 7) is 0.615. The Labute approximate surface area is 113 Å². The molecule has 4 nitrogen and oxygen atoms in total. The van der Waals surface area contributed by atoms with Crippen LogP contribution in [0.15, 0.2) is 18.2 Å². The fourth-order valence-corrected chi connectivity index (χ4v) is 4.22. The van der Waals surface area contributed by atoms with Gasteiger partial charge in [0.15, 0.2) is 9.84 Å². The average molecular weight is 289 g/mol. The second-order valence-electron chi connectivity index (χ2n) is 4.82. The van der Waals surface area contributed by atoms with Crippen molar-refractivity contribution in [2.24, 2.45) is 0 Å². The number of rotatable bonds is 3. The Morgan fingerprint density at radius 3 is 2.83 bits per heavy atom. The molecule has 100 valence electrons. The Bertz CT molecular complexity index is 545. The van der Waals surface area contributed by atoms with Crippen molar-refractivity contribution in [3.05, 3.63) is 28.8 Å². The van der Waals surface area contributed by atoms with Crippen LogP contribution in [0.3, 0.4) is 0 Å². The third-order valence-corrected chi connectivity index (χ3v) is 5.44. The highest BCUT2D eigenvalue weighted by Gasteiger charge is 2.30. The molecule has 1 saturated heterocycles. The molecule has 1 fully saturated rings. The number of hydrogen-bond acceptors (Lipinski definition) is 4. The molecule has 6 heteroatoms. The van der Waals surface area contributed by atoms with E-state index in [9.17, 15) is 8.42 Å². The van der Waals surface area contributed by atoms with Gasteiger partial charge in [-0.05, 0) is 37.2 Å². The molecular formula is C12H17ClN2O2S. The van der Waals surface area contributed by atoms with Gasteiger partial charge < -0.3 is 5.73 Å². The molecular weight excluding hydrogens is 272 g/mol. The molecule has 0 saturated carbocycles. The Kier molecular flexibility index (Phi) is 3.84. The number of sulfone groups is 1. The molecule has 0 radical (unpaired) electrons. The monoisotopic (exact) mass is 288 g/mol. The normalized spacial score (nSPS) is 22.5. The number of nitrogens with two attached hydrogens (primary N) is 1. The van der Waals surface area contributed by atoms with E-state index in [2.05, 4.69) is 0 Å². The Morgan fingerprint density at radius 2 is 2.22 bits per heavy atom. The van der Waals surface area contributed by atoms with Gasteiger partial charge in [-0.25, -0.2) is 8.42 Å². The van der Waals surface area contributed by atoms with Gasteiger partial charge >= 0.3 is 0 Å². The molecule has 1 atom stereocenters. The van der Waals surface area contributed by atoms with Crippen molar-refractivity contribution in [1.29, 1.82) is 0 Å². The summed E-state index contributed by atoms with van der Waals surface area (Å²) in [6.07, 6.45) is 0.693. The molecule has 1 aliphatic heterocycles. The van der Waals surface area contributed by atoms with Gasteiger partial charge in [0.1, 0.15) is 0 Å². The van der Waals surface area contributed by atoms with Crippen LogP contribution in [0.5, 0.6) is 0 Å². The van der Waals surface area contributed by atoms with E-state index in [1.165, 1.54) is 0 Å². The standard InChI is InChI=1S/C12H17ClN2O2S/c1-15(11-4-5-18(16,17)8-11)7-9-6-10(14)2-3-12(9)13/h2-3,6,11H,4-5,7-8,14H2,1H3. The number of nitrogen functional groups attached to an aromatic ring is 1. The lowest BCUT2D eigenvalue weighted by molar-refractivity contribution is 0.254. The number of benzene rings is 1. The van der Waals surface area contributed by atoms with Gasteiger partial charge in [0.25, 0.3) is 0 Å². The van der Waals surface area contributed by atoms with Crippen molar-refractivity contribution >= 4 is 27.1 Å². The van der Waals surface area contributed by atoms with Gasteiger partial charge in [0.2, 0.25) is 0 Å². The van der Waals surface area contributed by atoms with Crippen LogP contribution in [-0.2, 0) is 16.4 Å². The van der Waals surface area contributed by atoms with Gasteiger partial charge in [0, 0.05) is 23.3 Å². The van der Waals surface area contributed by atoms with Crippen LogP contribution in [0, 0.1) is 0 Å². The van der Waals surface area contributed by atoms with Gasteiger partial charge in [-0.15, -0.1) is 0 Å². The average Bonchev–Trinajstić information content (AvgIpc) is 2.64. The topological polar surface area (TPSA) is 63.4 Å². The van der Waals surface area contributed by atoms with E-state index in [0.717, 1.165) is 5.56 Å². The molecule has 0 aliphatic carbocycles. The number of hydrogen-bond donors (Lipinski definition) is 1. The zero-order valence-electron chi connectivity index (χ0n) is 10.3. The zero-order chi connectivity index (χ0) is 13.3. The lowest BCUT2D eigenvalue weighted by Crippen LogP contribution is -2.32. The fourth-order valence-electron chi connectivity index (χ4n) is 2.24. The van der Waals surface area contributed by atoms with Crippen molar-refractivity contribution in [3.63, 3.8) is 0 Å². The van der Waals surface area contributed by atoms with Gasteiger partial charge in [-0.2, -0.15) is 0 Å². The van der Waals surface area contributed by atoms with Gasteiger partial charge in [0.05, 0.1) is 11.5 Å². The molecule has 2 N–H and O–H groups in total. The minimum absolute atomic E-state index is 0.0764. The van der Waals surface area contributed by atoms with Crippen LogP contribution in [0.2, 0.25) is 5.02 Å². The summed E-state index contributed by atoms with van der Waals surface area (Å²) < 4.78 is 22.9. The molecule has 0 aromatic heterocycles. The molecule has 18 heavy (non-hydrogen) atoms. The largest absolute Gasteiger partial charge is 0.399 e. The maximum absolute atomic E-state index is 11.4. The predicted octanol–water partition coefficient (Wildman–Crippen LogP) is 1.54. The Hall–Kier alpha value is -0.780. The molecule has 0 amide bonds. The highest BCUT2D eigenvalue weighted by atomic mass is 35.5. The minimum Gasteiger partial charge on any atom is -0.399 e. The maximum atomic E-state index is 11.4. The first-order valence-corrected chi connectivity index (χ1v) is 8.02. The predicted molar refractivity (Wildman–Crippen MR) is 74.4 cm³/mol. The van der Waals surface area contributed by atoms with Gasteiger partial charge in [-0.3, -0.25) is 4.90 Å². The summed E-state index contributed by atoms with van der Waals surface area (Å²) >= 11 is 6.10. The second-order valence-corrected chi connectivity index (χ2v) is 7.46. The van der Waals surface area contributed by atoms with E-state index < -0.39 is 9.84 Å². The number of nitrogens with zero attached hydrogens (tertiary/aromatic N) is 1. The summed E-state index contributed by atoms with van der Waals surface area (Å²) in [5, 5.41) is 0.664. The zero-order valence-corrected chi connectivity index (χ0v) is 11.8. The second kappa shape index (κ2) is 5.07. The summed E-state index contributed by atoms with van der Waals surface area (Å²) in [7, 11) is -0.929. The quantitative estimate of drug-likeness (QED) is 0.857. The lowest BCUT2D eigenvalue weighted by atomic mass is 10.1. The molecule has 1 aromatic rings. The van der Waals surface area contributed by atoms with Crippen molar-refractivity contribution < 1.29 is 8.42 Å². The molecule has 0 spiro atoms. The van der Waals surface area contributed by atoms with Crippen molar-refractivity contribution in [2.75, 3.05) is 24.3 Å². The first kappa shape index (κ1) is 13.6. The SMILES string of the molecule is CN(Cc1cc(N)ccc1Cl)C1CCS(=O)(=O)C1. The third kappa shape index (κ3) is 3.16. The summed E-state index contributed by atoms with van der Waals surface area (Å²) in [5.74, 6) is 0.524. The summed E-state index contributed by atoms with van der Waals surface area (Å²) in [5.41, 5.74) is 7.33. The van der Waals surface area contributed by atoms with E-state index in [-0.39, 0.29) is 17.5 Å². The van der Waals surface area contributed by atoms with Gasteiger partial charge in [-0.1, -0.05) is 11.6 Å². The lowest BCUT2D eigenvalue weighted by Gasteiger charge is -2.23. The molecule has 2 rings (SSSR count). The number of halogens is 1. The highest BCUT2D eigenvalue weighted by Crippen LogP contribution is 2.23. The van der Waals surface area contributed by atoms with E-state index in [4.69, 9.17) is 17.3 Å². The molecule has 1 heterocycles. The highest BCUT2D eigenvalue weighted by molar-refractivity contribution is 7.91. The van der Waals surface area contributed by atoms with Crippen LogP contribution in [0.25, 0.3) is 0 Å². The number of anilines is 1. The first-order chi connectivity index (χ1) is 8.37. The van der Waals surface area contributed by atoms with E-state index in [0.29, 0.717) is 23.7 Å². The third-order valence-electron chi connectivity index (χ3n) is 3.32. The molecule has 1 aliphatic rings. The first-order valence-electron chi connectivity index (χ1n) is 5.82. The van der Waals surface area contributed by atoms with E-state index in [1.807, 2.05) is 18.0 Å². The minimum atomic E-state index is -2.85. The van der Waals surface area contributed by atoms with Crippen LogP contribution < -0.4 is 5.73 Å². The maximum Gasteiger partial charge on any atom is 0.151 e. The smallest absolute Gasteiger partial charge is 0.151 e. The van der Waals surface area contributed by atoms with E-state index >= 15 is 0 Å². The molecule has 0 bridgehead atoms.